The van der Waals surface area contributed by atoms with E-state index in [9.17, 15) is 9.59 Å². The Bertz CT molecular complexity index is 468. The number of halogens is 2. The molecule has 1 aromatic rings. The van der Waals surface area contributed by atoms with Crippen LogP contribution in [0.4, 0.5) is 0 Å². The Morgan fingerprint density at radius 3 is 2.19 bits per heavy atom. The van der Waals surface area contributed by atoms with E-state index in [4.69, 9.17) is 0 Å². The molecule has 0 unspecified atom stereocenters. The summed E-state index contributed by atoms with van der Waals surface area (Å²) in [7, 11) is 0. The van der Waals surface area contributed by atoms with Gasteiger partial charge in [-0.25, -0.2) is 0 Å². The standard InChI is InChI=1S/C11H7Br2NO2/c12-11(13)14-9(15)6-8(10(14)16)7-4-2-1-3-5-7/h1-6,11H. The number of nitrogens with zero attached hydrogens (tertiary/aromatic N) is 1. The van der Waals surface area contributed by atoms with Crippen LogP contribution in [-0.4, -0.2) is 20.6 Å². The third kappa shape index (κ3) is 1.97. The molecule has 0 aromatic heterocycles. The fourth-order valence-electron chi connectivity index (χ4n) is 1.49. The lowest BCUT2D eigenvalue weighted by molar-refractivity contribution is -0.135. The molecule has 0 bridgehead atoms. The maximum Gasteiger partial charge on any atom is 0.263 e. The van der Waals surface area contributed by atoms with Crippen LogP contribution in [0, 0.1) is 0 Å². The maximum absolute atomic E-state index is 11.9. The molecule has 16 heavy (non-hydrogen) atoms. The van der Waals surface area contributed by atoms with Crippen molar-refractivity contribution in [2.24, 2.45) is 0 Å². The highest BCUT2D eigenvalue weighted by molar-refractivity contribution is 9.24. The molecule has 2 amide bonds. The van der Waals surface area contributed by atoms with Gasteiger partial charge in [0.2, 0.25) is 0 Å². The predicted octanol–water partition coefficient (Wildman–Crippen LogP) is 2.51. The number of hydrogen-bond donors (Lipinski definition) is 0. The van der Waals surface area contributed by atoms with Gasteiger partial charge in [-0.15, -0.1) is 0 Å². The second kappa shape index (κ2) is 4.51. The molecule has 0 radical (unpaired) electrons. The van der Waals surface area contributed by atoms with Crippen molar-refractivity contribution >= 4 is 49.2 Å². The molecule has 0 fully saturated rings. The van der Waals surface area contributed by atoms with Gasteiger partial charge in [-0.2, -0.15) is 0 Å². The Balaban J connectivity index is 2.37. The van der Waals surface area contributed by atoms with Gasteiger partial charge in [0.15, 0.2) is 3.86 Å². The van der Waals surface area contributed by atoms with E-state index >= 15 is 0 Å². The summed E-state index contributed by atoms with van der Waals surface area (Å²) in [6.07, 6.45) is 1.35. The molecule has 0 saturated heterocycles. The van der Waals surface area contributed by atoms with Crippen LogP contribution in [0.15, 0.2) is 36.4 Å². The van der Waals surface area contributed by atoms with Crippen LogP contribution >= 0.6 is 31.9 Å². The average molecular weight is 345 g/mol. The van der Waals surface area contributed by atoms with Crippen molar-refractivity contribution in [1.82, 2.24) is 4.90 Å². The molecule has 82 valence electrons. The number of carbonyl (C=O) groups is 2. The van der Waals surface area contributed by atoms with Crippen LogP contribution in [0.2, 0.25) is 0 Å². The molecule has 1 aliphatic rings. The second-order valence-corrected chi connectivity index (χ2v) is 6.18. The SMILES string of the molecule is O=C1C=C(c2ccccc2)C(=O)N1C(Br)Br. The van der Waals surface area contributed by atoms with Crippen molar-refractivity contribution in [3.8, 4) is 0 Å². The zero-order valence-electron chi connectivity index (χ0n) is 8.06. The molecule has 3 nitrogen and oxygen atoms in total. The van der Waals surface area contributed by atoms with Gasteiger partial charge < -0.3 is 0 Å². The van der Waals surface area contributed by atoms with Gasteiger partial charge in [0.05, 0.1) is 5.57 Å². The Kier molecular flexibility index (Phi) is 3.25. The van der Waals surface area contributed by atoms with E-state index in [1.165, 1.54) is 6.08 Å². The molecule has 0 atom stereocenters. The first-order valence-corrected chi connectivity index (χ1v) is 6.37. The van der Waals surface area contributed by atoms with Crippen LogP contribution in [0.3, 0.4) is 0 Å². The Hall–Kier alpha value is -0.940. The van der Waals surface area contributed by atoms with Gasteiger partial charge in [-0.3, -0.25) is 14.5 Å². The first kappa shape index (κ1) is 11.5. The Labute approximate surface area is 109 Å². The quantitative estimate of drug-likeness (QED) is 0.469. The first-order valence-electron chi connectivity index (χ1n) is 4.54. The number of imide groups is 1. The van der Waals surface area contributed by atoms with Gasteiger partial charge in [0, 0.05) is 6.08 Å². The van der Waals surface area contributed by atoms with E-state index in [-0.39, 0.29) is 11.8 Å². The van der Waals surface area contributed by atoms with Crippen molar-refractivity contribution < 1.29 is 9.59 Å². The lowest BCUT2D eigenvalue weighted by Crippen LogP contribution is -2.33. The Morgan fingerprint density at radius 2 is 1.69 bits per heavy atom. The summed E-state index contributed by atoms with van der Waals surface area (Å²) in [5.74, 6) is -0.613. The fourth-order valence-corrected chi connectivity index (χ4v) is 2.27. The van der Waals surface area contributed by atoms with E-state index < -0.39 is 3.86 Å². The number of carbonyl (C=O) groups excluding carboxylic acids is 2. The van der Waals surface area contributed by atoms with Gasteiger partial charge >= 0.3 is 0 Å². The topological polar surface area (TPSA) is 37.4 Å². The van der Waals surface area contributed by atoms with Crippen molar-refractivity contribution in [3.05, 3.63) is 42.0 Å². The molecular formula is C11H7Br2NO2. The lowest BCUT2D eigenvalue weighted by atomic mass is 10.1. The zero-order chi connectivity index (χ0) is 11.7. The highest BCUT2D eigenvalue weighted by atomic mass is 79.9. The van der Waals surface area contributed by atoms with E-state index in [1.54, 1.807) is 12.1 Å². The maximum atomic E-state index is 11.9. The lowest BCUT2D eigenvalue weighted by Gasteiger charge is -2.15. The molecule has 0 saturated carbocycles. The predicted molar refractivity (Wildman–Crippen MR) is 67.9 cm³/mol. The summed E-state index contributed by atoms with van der Waals surface area (Å²) in [4.78, 5) is 24.6. The summed E-state index contributed by atoms with van der Waals surface area (Å²) in [6.45, 7) is 0. The van der Waals surface area contributed by atoms with Crippen LogP contribution < -0.4 is 0 Å². The van der Waals surface area contributed by atoms with Crippen molar-refractivity contribution in [1.29, 1.82) is 0 Å². The van der Waals surface area contributed by atoms with Crippen LogP contribution in [0.5, 0.6) is 0 Å². The first-order chi connectivity index (χ1) is 7.61. The highest BCUT2D eigenvalue weighted by Crippen LogP contribution is 2.28. The number of benzene rings is 1. The summed E-state index contributed by atoms with van der Waals surface area (Å²) >= 11 is 6.30. The summed E-state index contributed by atoms with van der Waals surface area (Å²) in [6, 6.07) is 9.13. The number of amides is 2. The van der Waals surface area contributed by atoms with Gasteiger partial charge in [0.25, 0.3) is 11.8 Å². The normalized spacial score (nSPS) is 15.9. The molecule has 1 heterocycles. The van der Waals surface area contributed by atoms with Crippen LogP contribution in [0.25, 0.3) is 5.57 Å². The molecule has 5 heteroatoms. The van der Waals surface area contributed by atoms with Gasteiger partial charge in [-0.1, -0.05) is 62.2 Å². The molecule has 2 rings (SSSR count). The van der Waals surface area contributed by atoms with Crippen molar-refractivity contribution in [2.45, 2.75) is 3.86 Å². The minimum absolute atomic E-state index is 0.296. The fraction of sp³-hybridized carbons (Fsp3) is 0.0909. The smallest absolute Gasteiger partial charge is 0.263 e. The molecular weight excluding hydrogens is 338 g/mol. The third-order valence-corrected chi connectivity index (χ3v) is 3.05. The summed E-state index contributed by atoms with van der Waals surface area (Å²) in [5, 5.41) is 0. The molecule has 1 aromatic carbocycles. The molecule has 0 N–H and O–H groups in total. The van der Waals surface area contributed by atoms with Crippen molar-refractivity contribution in [3.63, 3.8) is 0 Å². The minimum Gasteiger partial charge on any atom is -0.269 e. The molecule has 0 spiro atoms. The zero-order valence-corrected chi connectivity index (χ0v) is 11.2. The highest BCUT2D eigenvalue weighted by Gasteiger charge is 2.34. The summed E-state index contributed by atoms with van der Waals surface area (Å²) in [5.41, 5.74) is 1.18. The van der Waals surface area contributed by atoms with E-state index in [0.717, 1.165) is 10.5 Å². The van der Waals surface area contributed by atoms with E-state index in [2.05, 4.69) is 31.9 Å². The monoisotopic (exact) mass is 343 g/mol. The Morgan fingerprint density at radius 1 is 1.06 bits per heavy atom. The second-order valence-electron chi connectivity index (χ2n) is 3.22. The van der Waals surface area contributed by atoms with Crippen LogP contribution in [-0.2, 0) is 9.59 Å². The number of hydrogen-bond acceptors (Lipinski definition) is 2. The van der Waals surface area contributed by atoms with Gasteiger partial charge in [-0.05, 0) is 5.56 Å². The molecule has 0 aliphatic carbocycles. The third-order valence-electron chi connectivity index (χ3n) is 2.23. The average Bonchev–Trinajstić information content (AvgIpc) is 2.55. The largest absolute Gasteiger partial charge is 0.269 e. The number of rotatable bonds is 2. The van der Waals surface area contributed by atoms with E-state index in [0.29, 0.717) is 5.57 Å². The van der Waals surface area contributed by atoms with E-state index in [1.807, 2.05) is 18.2 Å². The molecule has 1 aliphatic heterocycles. The van der Waals surface area contributed by atoms with Crippen molar-refractivity contribution in [2.75, 3.05) is 0 Å². The summed E-state index contributed by atoms with van der Waals surface area (Å²) < 4.78 is -0.475. The number of alkyl halides is 2. The minimum atomic E-state index is -0.475. The van der Waals surface area contributed by atoms with Gasteiger partial charge in [0.1, 0.15) is 0 Å². The van der Waals surface area contributed by atoms with Crippen LogP contribution in [0.1, 0.15) is 5.56 Å².